The maximum Gasteiger partial charge on any atom is 0.228 e. The lowest BCUT2D eigenvalue weighted by Crippen LogP contribution is -2.43. The van der Waals surface area contributed by atoms with Crippen molar-refractivity contribution in [3.63, 3.8) is 0 Å². The number of carbonyl (C=O) groups is 3. The van der Waals surface area contributed by atoms with Gasteiger partial charge in [-0.05, 0) is 32.1 Å². The van der Waals surface area contributed by atoms with Gasteiger partial charge in [-0.15, -0.1) is 10.2 Å². The van der Waals surface area contributed by atoms with Crippen LogP contribution in [0.15, 0.2) is 0 Å². The van der Waals surface area contributed by atoms with E-state index in [-0.39, 0.29) is 23.6 Å². The quantitative estimate of drug-likeness (QED) is 0.661. The van der Waals surface area contributed by atoms with Crippen molar-refractivity contribution in [3.8, 4) is 0 Å². The second kappa shape index (κ2) is 9.06. The van der Waals surface area contributed by atoms with Crippen LogP contribution in [-0.2, 0) is 14.4 Å². The highest BCUT2D eigenvalue weighted by molar-refractivity contribution is 7.19. The van der Waals surface area contributed by atoms with Crippen LogP contribution >= 0.6 is 11.3 Å². The Morgan fingerprint density at radius 3 is 2.59 bits per heavy atom. The van der Waals surface area contributed by atoms with Gasteiger partial charge in [-0.1, -0.05) is 11.3 Å². The highest BCUT2D eigenvalue weighted by Gasteiger charge is 2.30. The minimum Gasteiger partial charge on any atom is -0.356 e. The van der Waals surface area contributed by atoms with Gasteiger partial charge in [0.2, 0.25) is 28.0 Å². The summed E-state index contributed by atoms with van der Waals surface area (Å²) >= 11 is 1.43. The molecule has 0 bridgehead atoms. The lowest BCUT2D eigenvalue weighted by molar-refractivity contribution is -0.127. The topological polar surface area (TPSA) is 98.7 Å². The molecule has 158 valence electrons. The molecule has 0 spiro atoms. The summed E-state index contributed by atoms with van der Waals surface area (Å²) in [5, 5.41) is 12.9. The number of hydrogen-bond donors (Lipinski definition) is 1. The number of nitrogens with one attached hydrogen (secondary N) is 1. The molecule has 1 N–H and O–H groups in total. The average molecular weight is 421 g/mol. The molecule has 0 saturated carbocycles. The van der Waals surface area contributed by atoms with E-state index in [1.807, 2.05) is 4.90 Å². The fourth-order valence-corrected chi connectivity index (χ4v) is 5.15. The summed E-state index contributed by atoms with van der Waals surface area (Å²) in [5.74, 6) is 0.338. The maximum atomic E-state index is 12.6. The Morgan fingerprint density at radius 2 is 1.83 bits per heavy atom. The van der Waals surface area contributed by atoms with Crippen LogP contribution in [0.1, 0.15) is 44.9 Å². The summed E-state index contributed by atoms with van der Waals surface area (Å²) in [6, 6.07) is 0. The van der Waals surface area contributed by atoms with E-state index in [0.29, 0.717) is 37.6 Å². The predicted octanol–water partition coefficient (Wildman–Crippen LogP) is 1.01. The smallest absolute Gasteiger partial charge is 0.228 e. The van der Waals surface area contributed by atoms with Gasteiger partial charge in [0, 0.05) is 52.1 Å². The third-order valence-electron chi connectivity index (χ3n) is 5.85. The largest absolute Gasteiger partial charge is 0.356 e. The molecule has 3 fully saturated rings. The van der Waals surface area contributed by atoms with Gasteiger partial charge in [0.05, 0.1) is 5.92 Å². The summed E-state index contributed by atoms with van der Waals surface area (Å²) in [6.07, 6.45) is 5.63. The second-order valence-electron chi connectivity index (χ2n) is 7.93. The number of amides is 3. The Morgan fingerprint density at radius 1 is 1.03 bits per heavy atom. The number of aromatic nitrogens is 2. The number of carbonyl (C=O) groups excluding carboxylic acids is 3. The first-order chi connectivity index (χ1) is 14.1. The summed E-state index contributed by atoms with van der Waals surface area (Å²) in [6.45, 7) is 4.35. The first-order valence-electron chi connectivity index (χ1n) is 10.6. The molecule has 0 aromatic carbocycles. The van der Waals surface area contributed by atoms with Crippen LogP contribution in [0.25, 0.3) is 0 Å². The molecule has 4 heterocycles. The minimum absolute atomic E-state index is 0.0712. The second-order valence-corrected chi connectivity index (χ2v) is 8.86. The van der Waals surface area contributed by atoms with E-state index in [2.05, 4.69) is 20.4 Å². The van der Waals surface area contributed by atoms with Crippen molar-refractivity contribution in [2.45, 2.75) is 44.9 Å². The van der Waals surface area contributed by atoms with E-state index in [1.54, 1.807) is 4.90 Å². The molecule has 3 saturated heterocycles. The van der Waals surface area contributed by atoms with Crippen LogP contribution in [0.2, 0.25) is 0 Å². The zero-order valence-electron chi connectivity index (χ0n) is 16.6. The fraction of sp³-hybridized carbons (Fsp3) is 0.737. The molecule has 1 atom stereocenters. The third kappa shape index (κ3) is 4.68. The number of nitrogens with zero attached hydrogens (tertiary/aromatic N) is 5. The summed E-state index contributed by atoms with van der Waals surface area (Å²) in [7, 11) is 0. The molecule has 3 aliphatic rings. The van der Waals surface area contributed by atoms with Crippen molar-refractivity contribution in [1.29, 1.82) is 0 Å². The lowest BCUT2D eigenvalue weighted by Gasteiger charge is -2.31. The molecule has 10 heteroatoms. The van der Waals surface area contributed by atoms with Gasteiger partial charge in [-0.2, -0.15) is 0 Å². The molecule has 1 aromatic heterocycles. The molecule has 1 aromatic rings. The molecule has 3 amide bonds. The van der Waals surface area contributed by atoms with E-state index in [0.717, 1.165) is 56.9 Å². The minimum atomic E-state index is -0.0714. The van der Waals surface area contributed by atoms with Crippen molar-refractivity contribution >= 4 is 39.3 Å². The van der Waals surface area contributed by atoms with Crippen LogP contribution in [-0.4, -0.2) is 72.1 Å². The number of likely N-dealkylation sites (tertiary alicyclic amines) is 1. The Bertz CT molecular complexity index is 769. The lowest BCUT2D eigenvalue weighted by atomic mass is 9.97. The molecular weight excluding hydrogens is 392 g/mol. The maximum absolute atomic E-state index is 12.6. The van der Waals surface area contributed by atoms with Gasteiger partial charge in [-0.25, -0.2) is 0 Å². The normalized spacial score (nSPS) is 22.6. The van der Waals surface area contributed by atoms with Gasteiger partial charge >= 0.3 is 0 Å². The van der Waals surface area contributed by atoms with Crippen LogP contribution in [0.5, 0.6) is 0 Å². The van der Waals surface area contributed by atoms with Gasteiger partial charge in [0.15, 0.2) is 0 Å². The van der Waals surface area contributed by atoms with E-state index < -0.39 is 0 Å². The molecule has 29 heavy (non-hydrogen) atoms. The molecule has 0 aliphatic carbocycles. The SMILES string of the molecule is O=C(NCCCN1CCCC1=O)[C@@H]1CCCN(c2nnc(N3CCCC3=O)s2)C1. The predicted molar refractivity (Wildman–Crippen MR) is 110 cm³/mol. The van der Waals surface area contributed by atoms with Crippen molar-refractivity contribution in [2.75, 3.05) is 49.1 Å². The van der Waals surface area contributed by atoms with E-state index in [9.17, 15) is 14.4 Å². The van der Waals surface area contributed by atoms with Crippen molar-refractivity contribution in [3.05, 3.63) is 0 Å². The zero-order valence-corrected chi connectivity index (χ0v) is 17.5. The first kappa shape index (κ1) is 20.1. The third-order valence-corrected chi connectivity index (χ3v) is 6.85. The van der Waals surface area contributed by atoms with Crippen LogP contribution in [0.4, 0.5) is 10.3 Å². The molecule has 0 radical (unpaired) electrons. The molecular formula is C19H28N6O3S. The monoisotopic (exact) mass is 420 g/mol. The highest BCUT2D eigenvalue weighted by atomic mass is 32.1. The van der Waals surface area contributed by atoms with E-state index >= 15 is 0 Å². The standard InChI is InChI=1S/C19H28N6O3S/c26-15-6-2-9-23(15)11-4-8-20-17(28)14-5-1-10-24(13-14)18-21-22-19(29-18)25-12-3-7-16(25)27/h14H,1-13H2,(H,20,28)/t14-/m1/s1. The highest BCUT2D eigenvalue weighted by Crippen LogP contribution is 2.32. The summed E-state index contributed by atoms with van der Waals surface area (Å²) in [5.41, 5.74) is 0. The number of rotatable bonds is 7. The van der Waals surface area contributed by atoms with Crippen LogP contribution in [0, 0.1) is 5.92 Å². The Labute approximate surface area is 174 Å². The summed E-state index contributed by atoms with van der Waals surface area (Å²) < 4.78 is 0. The Kier molecular flexibility index (Phi) is 6.27. The van der Waals surface area contributed by atoms with Gasteiger partial charge in [0.25, 0.3) is 0 Å². The van der Waals surface area contributed by atoms with E-state index in [4.69, 9.17) is 0 Å². The fourth-order valence-electron chi connectivity index (χ4n) is 4.23. The van der Waals surface area contributed by atoms with Gasteiger partial charge in [-0.3, -0.25) is 19.3 Å². The first-order valence-corrected chi connectivity index (χ1v) is 11.4. The molecule has 9 nitrogen and oxygen atoms in total. The number of hydrogen-bond acceptors (Lipinski definition) is 7. The molecule has 4 rings (SSSR count). The van der Waals surface area contributed by atoms with Gasteiger partial charge in [0.1, 0.15) is 0 Å². The number of anilines is 2. The zero-order chi connectivity index (χ0) is 20.2. The summed E-state index contributed by atoms with van der Waals surface area (Å²) in [4.78, 5) is 41.8. The van der Waals surface area contributed by atoms with Crippen LogP contribution < -0.4 is 15.1 Å². The van der Waals surface area contributed by atoms with Crippen molar-refractivity contribution in [2.24, 2.45) is 5.92 Å². The molecule has 0 unspecified atom stereocenters. The van der Waals surface area contributed by atoms with Crippen molar-refractivity contribution in [1.82, 2.24) is 20.4 Å². The van der Waals surface area contributed by atoms with Crippen LogP contribution in [0.3, 0.4) is 0 Å². The van der Waals surface area contributed by atoms with E-state index in [1.165, 1.54) is 11.3 Å². The number of piperidine rings is 1. The average Bonchev–Trinajstić information content (AvgIpc) is 3.46. The molecule has 3 aliphatic heterocycles. The Hall–Kier alpha value is -2.23. The van der Waals surface area contributed by atoms with Crippen molar-refractivity contribution < 1.29 is 14.4 Å². The Balaban J connectivity index is 1.24. The van der Waals surface area contributed by atoms with Gasteiger partial charge < -0.3 is 15.1 Å².